The van der Waals surface area contributed by atoms with Crippen LogP contribution in [-0.2, 0) is 41.4 Å². The fourth-order valence-electron chi connectivity index (χ4n) is 8.38. The highest BCUT2D eigenvalue weighted by atomic mass is 32.1. The molecule has 2 aliphatic rings. The number of nitro groups is 1. The Balaban J connectivity index is 0.854. The molecule has 0 radical (unpaired) electrons. The Bertz CT molecular complexity index is 2590. The van der Waals surface area contributed by atoms with Crippen molar-refractivity contribution >= 4 is 69.4 Å². The molecule has 0 aliphatic carbocycles. The van der Waals surface area contributed by atoms with Crippen LogP contribution in [0.3, 0.4) is 0 Å². The SMILES string of the molecule is Cc1ncsc1-c1ccc(CNC(=O)[C@@H]2C[C@@H](O)CN2C(=O)[C@@H](NC(=O)COCCCOCCCCCOc2ccc(N3C(=S)N(c4ccc([N+](=O)[O-])c(C(F)(F)F)c4)C(=O)C3(C)C)cc2)C(C)(C)C)cc1. The van der Waals surface area contributed by atoms with Gasteiger partial charge in [0.15, 0.2) is 5.11 Å². The van der Waals surface area contributed by atoms with Gasteiger partial charge in [-0.05, 0) is 112 Å². The lowest BCUT2D eigenvalue weighted by atomic mass is 9.85. The number of β-amino-alcohol motifs (C(OH)–C–C–N with tert-alkyl or cyclic N) is 1. The van der Waals surface area contributed by atoms with Gasteiger partial charge in [-0.25, -0.2) is 4.98 Å². The Hall–Kier alpha value is -6.07. The van der Waals surface area contributed by atoms with Crippen molar-refractivity contribution < 1.29 is 56.6 Å². The zero-order chi connectivity index (χ0) is 52.5. The van der Waals surface area contributed by atoms with Crippen LogP contribution in [-0.4, -0.2) is 112 Å². The number of halogens is 3. The van der Waals surface area contributed by atoms with E-state index in [1.165, 1.54) is 9.80 Å². The number of hydrogen-bond donors (Lipinski definition) is 3. The Kier molecular flexibility index (Phi) is 18.1. The lowest BCUT2D eigenvalue weighted by Crippen LogP contribution is -2.58. The fourth-order valence-corrected chi connectivity index (χ4v) is 9.72. The first-order chi connectivity index (χ1) is 34.0. The third-order valence-corrected chi connectivity index (χ3v) is 13.6. The summed E-state index contributed by atoms with van der Waals surface area (Å²) in [5, 5.41) is 27.4. The molecular weight excluding hydrogens is 980 g/mol. The second-order valence-electron chi connectivity index (χ2n) is 19.1. The van der Waals surface area contributed by atoms with E-state index in [0.717, 1.165) is 51.9 Å². The maximum Gasteiger partial charge on any atom is 0.423 e. The van der Waals surface area contributed by atoms with Crippen molar-refractivity contribution in [3.8, 4) is 16.2 Å². The van der Waals surface area contributed by atoms with Gasteiger partial charge in [0.1, 0.15) is 35.5 Å². The van der Waals surface area contributed by atoms with E-state index < -0.39 is 75.1 Å². The summed E-state index contributed by atoms with van der Waals surface area (Å²) in [5.74, 6) is -1.39. The monoisotopic (exact) mass is 1040 g/mol. The molecule has 2 saturated heterocycles. The van der Waals surface area contributed by atoms with Crippen LogP contribution < -0.4 is 25.2 Å². The summed E-state index contributed by atoms with van der Waals surface area (Å²) >= 11 is 7.14. The highest BCUT2D eigenvalue weighted by Crippen LogP contribution is 2.42. The number of hydrogen-bond acceptors (Lipinski definition) is 13. The molecule has 4 aromatic rings. The van der Waals surface area contributed by atoms with Crippen molar-refractivity contribution in [3.05, 3.63) is 99.2 Å². The van der Waals surface area contributed by atoms with Crippen molar-refractivity contribution in [2.45, 2.75) is 110 Å². The molecule has 2 fully saturated rings. The number of aryl methyl sites for hydroxylation is 1. The Morgan fingerprint density at radius 2 is 1.61 bits per heavy atom. The van der Waals surface area contributed by atoms with Crippen LogP contribution in [0.5, 0.6) is 5.75 Å². The smallest absolute Gasteiger partial charge is 0.423 e. The average molecular weight is 1040 g/mol. The van der Waals surface area contributed by atoms with E-state index in [4.69, 9.17) is 26.4 Å². The number of unbranched alkanes of at least 4 members (excludes halogenated alkanes) is 2. The predicted octanol–water partition coefficient (Wildman–Crippen LogP) is 7.74. The molecule has 3 aromatic carbocycles. The molecule has 17 nitrogen and oxygen atoms in total. The van der Waals surface area contributed by atoms with E-state index in [1.807, 2.05) is 52.0 Å². The van der Waals surface area contributed by atoms with Gasteiger partial charge in [-0.15, -0.1) is 11.3 Å². The number of nitrogens with one attached hydrogen (secondary N) is 2. The van der Waals surface area contributed by atoms with Gasteiger partial charge < -0.3 is 39.8 Å². The number of aromatic nitrogens is 1. The number of carbonyl (C=O) groups excluding carboxylic acids is 4. The predicted molar refractivity (Wildman–Crippen MR) is 268 cm³/mol. The molecule has 3 atom stereocenters. The number of nitro benzene ring substituents is 1. The summed E-state index contributed by atoms with van der Waals surface area (Å²) in [6.45, 7) is 12.1. The Morgan fingerprint density at radius 1 is 0.958 bits per heavy atom. The number of amides is 4. The Morgan fingerprint density at radius 3 is 2.25 bits per heavy atom. The van der Waals surface area contributed by atoms with Gasteiger partial charge in [0.2, 0.25) is 17.7 Å². The van der Waals surface area contributed by atoms with E-state index in [2.05, 4.69) is 15.6 Å². The third kappa shape index (κ3) is 13.5. The van der Waals surface area contributed by atoms with Crippen LogP contribution >= 0.6 is 23.6 Å². The quantitative estimate of drug-likeness (QED) is 0.0299. The van der Waals surface area contributed by atoms with Crippen LogP contribution in [0.2, 0.25) is 0 Å². The molecule has 2 aliphatic heterocycles. The summed E-state index contributed by atoms with van der Waals surface area (Å²) in [4.78, 5) is 73.2. The summed E-state index contributed by atoms with van der Waals surface area (Å²) in [6, 6.07) is 15.0. The van der Waals surface area contributed by atoms with Crippen LogP contribution in [0.15, 0.2) is 72.2 Å². The van der Waals surface area contributed by atoms with Gasteiger partial charge in [-0.3, -0.25) is 34.2 Å². The van der Waals surface area contributed by atoms with Gasteiger partial charge in [0.05, 0.1) is 39.4 Å². The van der Waals surface area contributed by atoms with E-state index in [-0.39, 0.29) is 43.5 Å². The van der Waals surface area contributed by atoms with E-state index in [0.29, 0.717) is 49.8 Å². The molecule has 1 aromatic heterocycles. The van der Waals surface area contributed by atoms with Gasteiger partial charge >= 0.3 is 6.18 Å². The molecule has 0 unspecified atom stereocenters. The molecule has 388 valence electrons. The minimum absolute atomic E-state index is 0.0363. The number of anilines is 2. The molecule has 0 saturated carbocycles. The standard InChI is InChI=1S/C50H60F3N7O10S2/c1-31-42(72-30-55-31)33-13-11-32(12-14-33)27-54-44(63)40-26-36(61)28-57(40)45(64)43(48(2,3)4)56-41(62)29-69-23-10-22-68-21-8-7-9-24-70-37-18-15-34(16-19-37)59-47(71)58(46(65)49(59,5)6)35-17-20-39(60(66)67)38(25-35)50(51,52)53/h11-20,25,30,36,40,43,61H,7-10,21-24,26-29H2,1-6H3,(H,54,63)(H,56,62)/t36-,40+,43-/m1/s1. The van der Waals surface area contributed by atoms with Gasteiger partial charge in [0, 0.05) is 51.1 Å². The molecule has 3 heterocycles. The molecule has 22 heteroatoms. The first-order valence-corrected chi connectivity index (χ1v) is 24.8. The molecule has 3 N–H and O–H groups in total. The van der Waals surface area contributed by atoms with E-state index in [1.54, 1.807) is 55.0 Å². The third-order valence-electron chi connectivity index (χ3n) is 12.2. The first-order valence-electron chi connectivity index (χ1n) is 23.5. The van der Waals surface area contributed by atoms with Crippen molar-refractivity contribution in [2.24, 2.45) is 5.41 Å². The van der Waals surface area contributed by atoms with Crippen molar-refractivity contribution in [1.82, 2.24) is 20.5 Å². The Labute approximate surface area is 425 Å². The summed E-state index contributed by atoms with van der Waals surface area (Å²) < 4.78 is 58.4. The van der Waals surface area contributed by atoms with Crippen molar-refractivity contribution in [3.63, 3.8) is 0 Å². The zero-order valence-corrected chi connectivity index (χ0v) is 42.6. The molecule has 72 heavy (non-hydrogen) atoms. The highest BCUT2D eigenvalue weighted by Gasteiger charge is 2.51. The van der Waals surface area contributed by atoms with Gasteiger partial charge in [0.25, 0.3) is 11.6 Å². The van der Waals surface area contributed by atoms with Crippen LogP contribution in [0.4, 0.5) is 30.2 Å². The van der Waals surface area contributed by atoms with Crippen LogP contribution in [0.25, 0.3) is 10.4 Å². The number of aliphatic hydroxyl groups excluding tert-OH is 1. The molecule has 4 amide bonds. The number of alkyl halides is 3. The number of nitrogens with zero attached hydrogens (tertiary/aromatic N) is 5. The molecule has 0 bridgehead atoms. The number of rotatable bonds is 22. The first kappa shape index (κ1) is 55.2. The van der Waals surface area contributed by atoms with E-state index >= 15 is 0 Å². The van der Waals surface area contributed by atoms with Crippen molar-refractivity contribution in [2.75, 3.05) is 49.4 Å². The van der Waals surface area contributed by atoms with Crippen molar-refractivity contribution in [1.29, 1.82) is 0 Å². The lowest BCUT2D eigenvalue weighted by Gasteiger charge is -2.35. The number of carbonyl (C=O) groups is 4. The number of benzene rings is 3. The van der Waals surface area contributed by atoms with Crippen LogP contribution in [0.1, 0.15) is 83.5 Å². The van der Waals surface area contributed by atoms with E-state index in [9.17, 15) is 47.6 Å². The summed E-state index contributed by atoms with van der Waals surface area (Å²) in [6.07, 6.45) is -2.99. The number of ether oxygens (including phenoxy) is 3. The lowest BCUT2D eigenvalue weighted by molar-refractivity contribution is -0.388. The maximum absolute atomic E-state index is 13.9. The molecule has 0 spiro atoms. The highest BCUT2D eigenvalue weighted by molar-refractivity contribution is 7.81. The number of thiazole rings is 1. The minimum atomic E-state index is -5.04. The fraction of sp³-hybridized carbons (Fsp3) is 0.480. The number of thiocarbonyl (C=S) groups is 1. The zero-order valence-electron chi connectivity index (χ0n) is 41.0. The van der Waals surface area contributed by atoms with Crippen LogP contribution in [0, 0.1) is 22.5 Å². The minimum Gasteiger partial charge on any atom is -0.494 e. The second kappa shape index (κ2) is 23.6. The summed E-state index contributed by atoms with van der Waals surface area (Å²) in [7, 11) is 0. The normalized spacial score (nSPS) is 17.3. The molecule has 6 rings (SSSR count). The largest absolute Gasteiger partial charge is 0.494 e. The number of aliphatic hydroxyl groups is 1. The second-order valence-corrected chi connectivity index (χ2v) is 20.4. The average Bonchev–Trinajstić information content (AvgIpc) is 3.99. The number of likely N-dealkylation sites (tertiary alicyclic amines) is 1. The summed E-state index contributed by atoms with van der Waals surface area (Å²) in [5.41, 5.74) is 0.271. The van der Waals surface area contributed by atoms with Gasteiger partial charge in [-0.1, -0.05) is 45.0 Å². The molecular formula is C50H60F3N7O10S2. The topological polar surface area (TPSA) is 206 Å². The van der Waals surface area contributed by atoms with Gasteiger partial charge in [-0.2, -0.15) is 13.2 Å². The maximum atomic E-state index is 13.9.